The molecule has 6 nitrogen and oxygen atoms in total. The molecule has 1 heterocycles. The number of benzene rings is 1. The van der Waals surface area contributed by atoms with Crippen molar-refractivity contribution >= 4 is 16.9 Å². The van der Waals surface area contributed by atoms with E-state index in [1.807, 2.05) is 0 Å². The van der Waals surface area contributed by atoms with Crippen molar-refractivity contribution in [3.63, 3.8) is 0 Å². The molecule has 1 aromatic heterocycles. The van der Waals surface area contributed by atoms with E-state index in [1.165, 1.54) is 13.2 Å². The number of aryl methyl sites for hydroxylation is 1. The third-order valence-corrected chi connectivity index (χ3v) is 3.02. The van der Waals surface area contributed by atoms with E-state index in [4.69, 9.17) is 15.6 Å². The van der Waals surface area contributed by atoms with Crippen LogP contribution < -0.4 is 10.5 Å². The Morgan fingerprint density at radius 3 is 2.95 bits per heavy atom. The average molecular weight is 267 g/mol. The van der Waals surface area contributed by atoms with Crippen molar-refractivity contribution in [3.8, 4) is 5.75 Å². The molecular formula is C12H14FN3O3. The van der Waals surface area contributed by atoms with E-state index in [0.717, 1.165) is 0 Å². The minimum absolute atomic E-state index is 0.0834. The third-order valence-electron chi connectivity index (χ3n) is 3.02. The number of nitrogens with one attached hydrogen (secondary N) is 1. The molecule has 102 valence electrons. The number of carboxylic acids is 1. The molecule has 2 rings (SSSR count). The fraction of sp³-hybridized carbons (Fsp3) is 0.333. The van der Waals surface area contributed by atoms with Crippen molar-refractivity contribution in [1.29, 1.82) is 0 Å². The maximum atomic E-state index is 13.8. The van der Waals surface area contributed by atoms with Crippen molar-refractivity contribution < 1.29 is 19.0 Å². The van der Waals surface area contributed by atoms with Crippen LogP contribution in [-0.2, 0) is 11.2 Å². The summed E-state index contributed by atoms with van der Waals surface area (Å²) in [7, 11) is 1.37. The molecule has 1 unspecified atom stereocenters. The lowest BCUT2D eigenvalue weighted by molar-refractivity contribution is -0.138. The van der Waals surface area contributed by atoms with Gasteiger partial charge in [-0.2, -0.15) is 5.10 Å². The zero-order chi connectivity index (χ0) is 14.2. The molecule has 0 fully saturated rings. The first kappa shape index (κ1) is 13.3. The predicted octanol–water partition coefficient (Wildman–Crippen LogP) is 0.973. The SMILES string of the molecule is COc1cc2c(CC(N)C(=O)O)[nH]nc2c(C)c1F. The maximum Gasteiger partial charge on any atom is 0.320 e. The summed E-state index contributed by atoms with van der Waals surface area (Å²) in [6.45, 7) is 1.59. The topological polar surface area (TPSA) is 101 Å². The molecule has 1 atom stereocenters. The molecule has 0 saturated heterocycles. The standard InChI is InChI=1S/C12H14FN3O3/c1-5-10(13)9(19-2)3-6-8(15-16-11(5)6)4-7(14)12(17)18/h3,7H,4,14H2,1-2H3,(H,15,16)(H,17,18). The molecule has 0 aliphatic carbocycles. The van der Waals surface area contributed by atoms with Crippen molar-refractivity contribution in [2.45, 2.75) is 19.4 Å². The van der Waals surface area contributed by atoms with E-state index in [1.54, 1.807) is 6.92 Å². The highest BCUT2D eigenvalue weighted by molar-refractivity contribution is 5.86. The average Bonchev–Trinajstić information content (AvgIpc) is 2.76. The van der Waals surface area contributed by atoms with E-state index < -0.39 is 17.8 Å². The molecule has 19 heavy (non-hydrogen) atoms. The summed E-state index contributed by atoms with van der Waals surface area (Å²) in [5, 5.41) is 16.1. The molecule has 0 saturated carbocycles. The number of nitrogens with zero attached hydrogens (tertiary/aromatic N) is 1. The Morgan fingerprint density at radius 1 is 1.68 bits per heavy atom. The molecule has 2 aromatic rings. The van der Waals surface area contributed by atoms with Crippen molar-refractivity contribution in [1.82, 2.24) is 10.2 Å². The van der Waals surface area contributed by atoms with Crippen LogP contribution in [0.2, 0.25) is 0 Å². The van der Waals surface area contributed by atoms with Crippen molar-refractivity contribution in [2.75, 3.05) is 7.11 Å². The highest BCUT2D eigenvalue weighted by atomic mass is 19.1. The van der Waals surface area contributed by atoms with Gasteiger partial charge in [0.1, 0.15) is 6.04 Å². The lowest BCUT2D eigenvalue weighted by atomic mass is 10.1. The Labute approximate surface area is 108 Å². The number of aromatic amines is 1. The monoisotopic (exact) mass is 267 g/mol. The lowest BCUT2D eigenvalue weighted by Crippen LogP contribution is -2.32. The maximum absolute atomic E-state index is 13.8. The van der Waals surface area contributed by atoms with Crippen LogP contribution in [0.5, 0.6) is 5.75 Å². The van der Waals surface area contributed by atoms with Crippen LogP contribution in [0.4, 0.5) is 4.39 Å². The summed E-state index contributed by atoms with van der Waals surface area (Å²) in [6.07, 6.45) is 0.0834. The van der Waals surface area contributed by atoms with Gasteiger partial charge in [-0.3, -0.25) is 9.89 Å². The fourth-order valence-corrected chi connectivity index (χ4v) is 1.92. The molecule has 0 radical (unpaired) electrons. The Balaban J connectivity index is 2.53. The summed E-state index contributed by atoms with van der Waals surface area (Å²) in [4.78, 5) is 10.8. The number of carbonyl (C=O) groups is 1. The van der Waals surface area contributed by atoms with E-state index in [9.17, 15) is 9.18 Å². The van der Waals surface area contributed by atoms with E-state index in [-0.39, 0.29) is 12.2 Å². The molecular weight excluding hydrogens is 253 g/mol. The van der Waals surface area contributed by atoms with Gasteiger partial charge in [-0.25, -0.2) is 4.39 Å². The van der Waals surface area contributed by atoms with Gasteiger partial charge in [0.15, 0.2) is 11.6 Å². The Bertz CT molecular complexity index is 639. The molecule has 0 aliphatic heterocycles. The predicted molar refractivity (Wildman–Crippen MR) is 66.7 cm³/mol. The zero-order valence-electron chi connectivity index (χ0n) is 10.5. The minimum atomic E-state index is -1.10. The highest BCUT2D eigenvalue weighted by Crippen LogP contribution is 2.29. The number of nitrogens with two attached hydrogens (primary N) is 1. The van der Waals surface area contributed by atoms with Gasteiger partial charge in [-0.15, -0.1) is 0 Å². The first-order valence-electron chi connectivity index (χ1n) is 5.64. The number of methoxy groups -OCH3 is 1. The van der Waals surface area contributed by atoms with E-state index in [2.05, 4.69) is 10.2 Å². The lowest BCUT2D eigenvalue weighted by Gasteiger charge is -2.07. The van der Waals surface area contributed by atoms with E-state index >= 15 is 0 Å². The van der Waals surface area contributed by atoms with E-state index in [0.29, 0.717) is 22.2 Å². The van der Waals surface area contributed by atoms with Gasteiger partial charge >= 0.3 is 5.97 Å². The zero-order valence-corrected chi connectivity index (χ0v) is 10.5. The summed E-state index contributed by atoms with van der Waals surface area (Å²) >= 11 is 0. The second-order valence-corrected chi connectivity index (χ2v) is 4.26. The van der Waals surface area contributed by atoms with Gasteiger partial charge < -0.3 is 15.6 Å². The van der Waals surface area contributed by atoms with Gasteiger partial charge in [0.05, 0.1) is 12.6 Å². The van der Waals surface area contributed by atoms with Gasteiger partial charge in [-0.1, -0.05) is 0 Å². The summed E-state index contributed by atoms with van der Waals surface area (Å²) in [5.41, 5.74) is 6.83. The normalized spacial score (nSPS) is 12.6. The molecule has 7 heteroatoms. The highest BCUT2D eigenvalue weighted by Gasteiger charge is 2.19. The number of fused-ring (bicyclic) bond motifs is 1. The number of halogens is 1. The first-order chi connectivity index (χ1) is 8.95. The number of hydrogen-bond acceptors (Lipinski definition) is 4. The summed E-state index contributed by atoms with van der Waals surface area (Å²) in [6, 6.07) is 0.449. The van der Waals surface area contributed by atoms with Crippen LogP contribution >= 0.6 is 0 Å². The van der Waals surface area contributed by atoms with Crippen molar-refractivity contribution in [3.05, 3.63) is 23.1 Å². The number of carboxylic acid groups (broad SMARTS) is 1. The number of ether oxygens (including phenoxy) is 1. The second-order valence-electron chi connectivity index (χ2n) is 4.26. The third kappa shape index (κ3) is 2.24. The molecule has 1 aromatic carbocycles. The molecule has 0 amide bonds. The largest absolute Gasteiger partial charge is 0.494 e. The van der Waals surface area contributed by atoms with Gasteiger partial charge in [0.2, 0.25) is 0 Å². The van der Waals surface area contributed by atoms with Crippen LogP contribution in [0.25, 0.3) is 10.9 Å². The Morgan fingerprint density at radius 2 is 2.37 bits per heavy atom. The quantitative estimate of drug-likeness (QED) is 0.766. The van der Waals surface area contributed by atoms with Gasteiger partial charge in [0.25, 0.3) is 0 Å². The van der Waals surface area contributed by atoms with Gasteiger partial charge in [0, 0.05) is 23.1 Å². The Hall–Kier alpha value is -2.15. The summed E-state index contributed by atoms with van der Waals surface area (Å²) in [5.74, 6) is -1.49. The van der Waals surface area contributed by atoms with Gasteiger partial charge in [-0.05, 0) is 13.0 Å². The summed E-state index contributed by atoms with van der Waals surface area (Å²) < 4.78 is 18.8. The molecule has 0 aliphatic rings. The smallest absolute Gasteiger partial charge is 0.320 e. The van der Waals surface area contributed by atoms with Crippen molar-refractivity contribution in [2.24, 2.45) is 5.73 Å². The van der Waals surface area contributed by atoms with Crippen LogP contribution in [0, 0.1) is 12.7 Å². The van der Waals surface area contributed by atoms with Crippen LogP contribution in [0.15, 0.2) is 6.07 Å². The molecule has 0 bridgehead atoms. The fourth-order valence-electron chi connectivity index (χ4n) is 1.92. The first-order valence-corrected chi connectivity index (χ1v) is 5.64. The molecule has 0 spiro atoms. The minimum Gasteiger partial charge on any atom is -0.494 e. The molecule has 4 N–H and O–H groups in total. The van der Waals surface area contributed by atoms with Crippen LogP contribution in [0.3, 0.4) is 0 Å². The number of hydrogen-bond donors (Lipinski definition) is 3. The number of aromatic nitrogens is 2. The second kappa shape index (κ2) is 4.85. The number of H-pyrrole nitrogens is 1. The Kier molecular flexibility index (Phi) is 3.39. The van der Waals surface area contributed by atoms with Crippen LogP contribution in [0.1, 0.15) is 11.3 Å². The number of rotatable bonds is 4. The van der Waals surface area contributed by atoms with Crippen LogP contribution in [-0.4, -0.2) is 34.4 Å². The number of aliphatic carboxylic acids is 1.